The smallest absolute Gasteiger partial charge is 0.118 e. The number of para-hydroxylation sites is 1. The molecule has 76 valence electrons. The summed E-state index contributed by atoms with van der Waals surface area (Å²) in [7, 11) is 4.91. The van der Waals surface area contributed by atoms with E-state index >= 15 is 0 Å². The summed E-state index contributed by atoms with van der Waals surface area (Å²) in [5.41, 5.74) is 0. The van der Waals surface area contributed by atoms with E-state index in [1.807, 2.05) is 44.2 Å². The lowest BCUT2D eigenvalue weighted by Crippen LogP contribution is -1.78. The maximum atomic E-state index is 4.91. The van der Waals surface area contributed by atoms with Crippen molar-refractivity contribution in [3.05, 3.63) is 30.3 Å². The minimum atomic E-state index is 0.910. The number of benzene rings is 1. The average molecular weight is 184 g/mol. The summed E-state index contributed by atoms with van der Waals surface area (Å²) < 4.78 is 9.16. The summed E-state index contributed by atoms with van der Waals surface area (Å²) in [5, 5.41) is 0. The van der Waals surface area contributed by atoms with Crippen LogP contribution in [0.1, 0.15) is 13.8 Å². The predicted octanol–water partition coefficient (Wildman–Crippen LogP) is 2.98. The molecule has 0 radical (unpaired) electrons. The normalized spacial score (nSPS) is 7.15. The third-order valence-corrected chi connectivity index (χ3v) is 0.979. The molecule has 0 N–H and O–H groups in total. The zero-order valence-electron chi connectivity index (χ0n) is 9.20. The molecule has 1 rings (SSSR count). The minimum Gasteiger partial charge on any atom is -0.497 e. The molecule has 0 aliphatic rings. The first-order valence-corrected chi connectivity index (χ1v) is 4.34. The van der Waals surface area contributed by atoms with Crippen LogP contribution in [0, 0.1) is 0 Å². The van der Waals surface area contributed by atoms with Crippen LogP contribution in [-0.2, 0) is 4.74 Å². The number of hydrogen-bond donors (Lipinski definition) is 0. The molecule has 1 aromatic carbocycles. The lowest BCUT2D eigenvalue weighted by molar-refractivity contribution is 0.277. The second-order valence-corrected chi connectivity index (χ2v) is 1.93. The molecule has 0 aromatic heterocycles. The quantitative estimate of drug-likeness (QED) is 0.668. The first-order chi connectivity index (χ1) is 6.35. The van der Waals surface area contributed by atoms with E-state index < -0.39 is 0 Å². The number of ether oxygens (including phenoxy) is 2. The maximum absolute atomic E-state index is 4.91. The van der Waals surface area contributed by atoms with E-state index in [4.69, 9.17) is 4.74 Å². The van der Waals surface area contributed by atoms with Crippen LogP contribution in [-0.4, -0.2) is 21.3 Å². The Labute approximate surface area is 81.5 Å². The fourth-order valence-electron chi connectivity index (χ4n) is 0.557. The van der Waals surface area contributed by atoms with Crippen LogP contribution >= 0.6 is 0 Å². The van der Waals surface area contributed by atoms with Crippen molar-refractivity contribution in [2.24, 2.45) is 0 Å². The van der Waals surface area contributed by atoms with Crippen molar-refractivity contribution < 1.29 is 9.47 Å². The van der Waals surface area contributed by atoms with Gasteiger partial charge in [-0.1, -0.05) is 32.0 Å². The molecule has 0 fully saturated rings. The predicted molar refractivity (Wildman–Crippen MR) is 57.3 cm³/mol. The van der Waals surface area contributed by atoms with Crippen molar-refractivity contribution in [1.29, 1.82) is 0 Å². The second-order valence-electron chi connectivity index (χ2n) is 1.93. The van der Waals surface area contributed by atoms with E-state index in [2.05, 4.69) is 4.74 Å². The third-order valence-electron chi connectivity index (χ3n) is 0.979. The molecular weight excluding hydrogens is 164 g/mol. The van der Waals surface area contributed by atoms with Crippen LogP contribution in [0.2, 0.25) is 0 Å². The van der Waals surface area contributed by atoms with Gasteiger partial charge in [0, 0.05) is 14.2 Å². The molecule has 0 unspecified atom stereocenters. The van der Waals surface area contributed by atoms with E-state index in [1.54, 1.807) is 21.3 Å². The van der Waals surface area contributed by atoms with Gasteiger partial charge in [-0.3, -0.25) is 0 Å². The van der Waals surface area contributed by atoms with Gasteiger partial charge in [0.1, 0.15) is 5.75 Å². The summed E-state index contributed by atoms with van der Waals surface area (Å²) in [5.74, 6) is 0.910. The fraction of sp³-hybridized carbons (Fsp3) is 0.455. The Balaban J connectivity index is 0. The first-order valence-electron chi connectivity index (χ1n) is 4.34. The van der Waals surface area contributed by atoms with Crippen molar-refractivity contribution in [3.8, 4) is 5.75 Å². The van der Waals surface area contributed by atoms with Crippen LogP contribution in [0.25, 0.3) is 0 Å². The largest absolute Gasteiger partial charge is 0.497 e. The molecule has 2 nitrogen and oxygen atoms in total. The Kier molecular flexibility index (Phi) is 15.1. The van der Waals surface area contributed by atoms with Crippen LogP contribution in [0.4, 0.5) is 0 Å². The topological polar surface area (TPSA) is 18.5 Å². The van der Waals surface area contributed by atoms with Gasteiger partial charge in [-0.15, -0.1) is 0 Å². The van der Waals surface area contributed by atoms with Gasteiger partial charge < -0.3 is 9.47 Å². The van der Waals surface area contributed by atoms with E-state index in [1.165, 1.54) is 0 Å². The van der Waals surface area contributed by atoms with Crippen molar-refractivity contribution in [2.75, 3.05) is 21.3 Å². The molecular formula is C11H20O2. The van der Waals surface area contributed by atoms with Gasteiger partial charge in [0.05, 0.1) is 7.11 Å². The molecule has 13 heavy (non-hydrogen) atoms. The second kappa shape index (κ2) is 13.6. The molecule has 2 heteroatoms. The zero-order valence-corrected chi connectivity index (χ0v) is 9.20. The highest BCUT2D eigenvalue weighted by atomic mass is 16.5. The highest BCUT2D eigenvalue weighted by molar-refractivity contribution is 5.20. The van der Waals surface area contributed by atoms with Crippen molar-refractivity contribution >= 4 is 0 Å². The molecule has 0 aliphatic carbocycles. The molecule has 0 bridgehead atoms. The van der Waals surface area contributed by atoms with Gasteiger partial charge in [0.25, 0.3) is 0 Å². The van der Waals surface area contributed by atoms with Gasteiger partial charge in [-0.2, -0.15) is 0 Å². The lowest BCUT2D eigenvalue weighted by atomic mass is 10.3. The molecule has 0 saturated carbocycles. The fourth-order valence-corrected chi connectivity index (χ4v) is 0.557. The Bertz CT molecular complexity index is 161. The van der Waals surface area contributed by atoms with Crippen LogP contribution < -0.4 is 4.74 Å². The zero-order chi connectivity index (χ0) is 10.5. The highest BCUT2D eigenvalue weighted by Gasteiger charge is 1.80. The first kappa shape index (κ1) is 14.5. The van der Waals surface area contributed by atoms with Crippen molar-refractivity contribution in [1.82, 2.24) is 0 Å². The lowest BCUT2D eigenvalue weighted by Gasteiger charge is -1.93. The van der Waals surface area contributed by atoms with E-state index in [0.717, 1.165) is 5.75 Å². The number of hydrogen-bond acceptors (Lipinski definition) is 2. The Morgan fingerprint density at radius 2 is 1.23 bits per heavy atom. The van der Waals surface area contributed by atoms with Gasteiger partial charge in [-0.25, -0.2) is 0 Å². The Morgan fingerprint density at radius 3 is 1.46 bits per heavy atom. The summed E-state index contributed by atoms with van der Waals surface area (Å²) in [6.07, 6.45) is 0. The number of methoxy groups -OCH3 is 2. The summed E-state index contributed by atoms with van der Waals surface area (Å²) in [4.78, 5) is 0. The third kappa shape index (κ3) is 11.0. The van der Waals surface area contributed by atoms with Crippen LogP contribution in [0.5, 0.6) is 5.75 Å². The minimum absolute atomic E-state index is 0.910. The average Bonchev–Trinajstić information content (AvgIpc) is 2.23. The summed E-state index contributed by atoms with van der Waals surface area (Å²) in [6, 6.07) is 9.68. The van der Waals surface area contributed by atoms with Crippen LogP contribution in [0.15, 0.2) is 30.3 Å². The van der Waals surface area contributed by atoms with E-state index in [9.17, 15) is 0 Å². The molecule has 0 amide bonds. The molecule has 0 aliphatic heterocycles. The monoisotopic (exact) mass is 184 g/mol. The van der Waals surface area contributed by atoms with Crippen LogP contribution in [0.3, 0.4) is 0 Å². The molecule has 0 saturated heterocycles. The Hall–Kier alpha value is -1.02. The highest BCUT2D eigenvalue weighted by Crippen LogP contribution is 2.05. The molecule has 0 spiro atoms. The standard InChI is InChI=1S/C7H8O.C2H6O.C2H6/c1-8-7-5-3-2-4-6-7;1-3-2;1-2/h2-6H,1H3;1-2H3;1-2H3. The SMILES string of the molecule is CC.COC.COc1ccccc1. The van der Waals surface area contributed by atoms with Crippen molar-refractivity contribution in [3.63, 3.8) is 0 Å². The molecule has 0 atom stereocenters. The van der Waals surface area contributed by atoms with Gasteiger partial charge >= 0.3 is 0 Å². The van der Waals surface area contributed by atoms with Gasteiger partial charge in [0.2, 0.25) is 0 Å². The Morgan fingerprint density at radius 1 is 0.846 bits per heavy atom. The van der Waals surface area contributed by atoms with E-state index in [-0.39, 0.29) is 0 Å². The van der Waals surface area contributed by atoms with Gasteiger partial charge in [0.15, 0.2) is 0 Å². The number of rotatable bonds is 1. The van der Waals surface area contributed by atoms with Gasteiger partial charge in [-0.05, 0) is 12.1 Å². The van der Waals surface area contributed by atoms with E-state index in [0.29, 0.717) is 0 Å². The van der Waals surface area contributed by atoms with Crippen molar-refractivity contribution in [2.45, 2.75) is 13.8 Å². The summed E-state index contributed by atoms with van der Waals surface area (Å²) in [6.45, 7) is 4.00. The molecule has 1 aromatic rings. The molecule has 0 heterocycles. The summed E-state index contributed by atoms with van der Waals surface area (Å²) >= 11 is 0. The maximum Gasteiger partial charge on any atom is 0.118 e.